The number of nitrogens with one attached hydrogen (secondary N) is 1. The highest BCUT2D eigenvalue weighted by atomic mass is 79.9. The molecule has 0 aromatic heterocycles. The maximum atomic E-state index is 10.1. The molecule has 6 nitrogen and oxygen atoms in total. The summed E-state index contributed by atoms with van der Waals surface area (Å²) in [5.74, 6) is -2.46. The number of nitrogens with zero attached hydrogens (tertiary/aromatic N) is 3. The van der Waals surface area contributed by atoms with Gasteiger partial charge in [0.2, 0.25) is 11.7 Å². The molecule has 2 saturated heterocycles. The molecule has 3 rings (SSSR count). The van der Waals surface area contributed by atoms with Crippen LogP contribution in [0.5, 0.6) is 0 Å². The summed E-state index contributed by atoms with van der Waals surface area (Å²) in [6, 6.07) is 13.4. The van der Waals surface area contributed by atoms with Crippen LogP contribution < -0.4 is 0 Å². The lowest BCUT2D eigenvalue weighted by Gasteiger charge is -2.48. The maximum absolute atomic E-state index is 10.1. The van der Waals surface area contributed by atoms with Crippen LogP contribution in [0, 0.1) is 56.2 Å². The lowest BCUT2D eigenvalue weighted by molar-refractivity contribution is -0.286. The molecule has 1 N–H and O–H groups in total. The normalized spacial score (nSPS) is 34.2. The highest BCUT2D eigenvalue weighted by molar-refractivity contribution is 9.10. The average Bonchev–Trinajstić information content (AvgIpc) is 2.80. The summed E-state index contributed by atoms with van der Waals surface area (Å²) in [5.41, 5.74) is -2.84. The van der Waals surface area contributed by atoms with Gasteiger partial charge in [-0.05, 0) is 18.6 Å². The highest BCUT2D eigenvalue weighted by Gasteiger charge is 2.79. The summed E-state index contributed by atoms with van der Waals surface area (Å²) in [4.78, 5) is 0. The fourth-order valence-corrected chi connectivity index (χ4v) is 4.44. The van der Waals surface area contributed by atoms with E-state index in [1.54, 1.807) is 19.1 Å². The van der Waals surface area contributed by atoms with Gasteiger partial charge < -0.3 is 9.47 Å². The molecule has 1 aromatic carbocycles. The van der Waals surface area contributed by atoms with Gasteiger partial charge in [0.25, 0.3) is 0 Å². The zero-order valence-corrected chi connectivity index (χ0v) is 16.0. The van der Waals surface area contributed by atoms with E-state index >= 15 is 0 Å². The summed E-state index contributed by atoms with van der Waals surface area (Å²) < 4.78 is 13.0. The van der Waals surface area contributed by atoms with Gasteiger partial charge in [-0.3, -0.25) is 5.41 Å². The van der Waals surface area contributed by atoms with Gasteiger partial charge in [0, 0.05) is 10.0 Å². The van der Waals surface area contributed by atoms with E-state index in [2.05, 4.69) is 22.0 Å². The quantitative estimate of drug-likeness (QED) is 0.805. The zero-order chi connectivity index (χ0) is 19.2. The molecule has 0 saturated carbocycles. The zero-order valence-electron chi connectivity index (χ0n) is 14.4. The minimum Gasteiger partial charge on any atom is -0.443 e. The second kappa shape index (κ2) is 6.09. The number of benzene rings is 1. The molecule has 26 heavy (non-hydrogen) atoms. The summed E-state index contributed by atoms with van der Waals surface area (Å²) in [5, 5.41) is 38.3. The summed E-state index contributed by atoms with van der Waals surface area (Å²) in [6.07, 6.45) is 0.228. The van der Waals surface area contributed by atoms with E-state index in [1.165, 1.54) is 0 Å². The van der Waals surface area contributed by atoms with Gasteiger partial charge in [-0.1, -0.05) is 48.3 Å². The van der Waals surface area contributed by atoms with Gasteiger partial charge in [-0.15, -0.1) is 0 Å². The molecule has 2 fully saturated rings. The van der Waals surface area contributed by atoms with Crippen LogP contribution in [-0.4, -0.2) is 12.0 Å². The standard InChI is InChI=1S/C19H17BrN4O2/c1-3-4-15-17(9-21,10-22)18(11-23)12(2)19(25-15,26-16(18)24)13-5-7-14(20)8-6-13/h5-8,12,15,24H,3-4H2,1-2H3. The molecular formula is C19H17BrN4O2. The van der Waals surface area contributed by atoms with Crippen LogP contribution in [0.4, 0.5) is 0 Å². The Morgan fingerprint density at radius 1 is 1.15 bits per heavy atom. The molecule has 4 unspecified atom stereocenters. The van der Waals surface area contributed by atoms with Gasteiger partial charge in [-0.25, -0.2) is 0 Å². The largest absolute Gasteiger partial charge is 0.443 e. The van der Waals surface area contributed by atoms with Gasteiger partial charge >= 0.3 is 0 Å². The second-order valence-corrected chi connectivity index (χ2v) is 7.59. The molecule has 132 valence electrons. The SMILES string of the molecule is CCCC1OC2(c3ccc(Br)cc3)OC(=N)C(C#N)(C2C)C1(C#N)C#N. The fraction of sp³-hybridized carbons (Fsp3) is 0.474. The molecule has 1 aromatic rings. The molecule has 2 aliphatic heterocycles. The Morgan fingerprint density at radius 2 is 1.77 bits per heavy atom. The maximum Gasteiger partial charge on any atom is 0.243 e. The van der Waals surface area contributed by atoms with Gasteiger partial charge in [0.05, 0.1) is 30.2 Å². The summed E-state index contributed by atoms with van der Waals surface area (Å²) >= 11 is 3.39. The van der Waals surface area contributed by atoms with Crippen molar-refractivity contribution in [3.05, 3.63) is 34.3 Å². The van der Waals surface area contributed by atoms with E-state index in [0.717, 1.165) is 4.47 Å². The van der Waals surface area contributed by atoms with Crippen LogP contribution in [0.15, 0.2) is 28.7 Å². The van der Waals surface area contributed by atoms with Crippen molar-refractivity contribution in [1.29, 1.82) is 21.2 Å². The number of ether oxygens (including phenoxy) is 2. The lowest BCUT2D eigenvalue weighted by Crippen LogP contribution is -2.60. The number of hydrogen-bond donors (Lipinski definition) is 1. The van der Waals surface area contributed by atoms with Crippen LogP contribution in [-0.2, 0) is 15.3 Å². The number of nitriles is 3. The minimum atomic E-state index is -1.80. The Bertz CT molecular complexity index is 865. The first kappa shape index (κ1) is 18.4. The second-order valence-electron chi connectivity index (χ2n) is 6.67. The third kappa shape index (κ3) is 1.95. The van der Waals surface area contributed by atoms with Crippen molar-refractivity contribution < 1.29 is 9.47 Å². The van der Waals surface area contributed by atoms with Crippen molar-refractivity contribution >= 4 is 21.8 Å². The molecule has 0 spiro atoms. The van der Waals surface area contributed by atoms with Crippen LogP contribution in [0.2, 0.25) is 0 Å². The van der Waals surface area contributed by atoms with Crippen LogP contribution >= 0.6 is 15.9 Å². The van der Waals surface area contributed by atoms with Crippen molar-refractivity contribution in [2.24, 2.45) is 16.7 Å². The summed E-state index contributed by atoms with van der Waals surface area (Å²) in [6.45, 7) is 3.62. The Hall–Kier alpha value is -2.40. The number of rotatable bonds is 3. The third-order valence-corrected chi connectivity index (χ3v) is 6.11. The number of halogens is 1. The summed E-state index contributed by atoms with van der Waals surface area (Å²) in [7, 11) is 0. The Labute approximate surface area is 160 Å². The van der Waals surface area contributed by atoms with E-state index in [4.69, 9.17) is 14.9 Å². The van der Waals surface area contributed by atoms with Crippen molar-refractivity contribution in [2.75, 3.05) is 0 Å². The van der Waals surface area contributed by atoms with E-state index in [-0.39, 0.29) is 5.90 Å². The monoisotopic (exact) mass is 412 g/mol. The molecule has 7 heteroatoms. The number of hydrogen-bond acceptors (Lipinski definition) is 6. The van der Waals surface area contributed by atoms with Crippen LogP contribution in [0.3, 0.4) is 0 Å². The molecule has 2 aliphatic rings. The molecule has 0 aliphatic carbocycles. The van der Waals surface area contributed by atoms with Gasteiger partial charge in [-0.2, -0.15) is 15.8 Å². The van der Waals surface area contributed by atoms with E-state index in [9.17, 15) is 15.8 Å². The van der Waals surface area contributed by atoms with Crippen LogP contribution in [0.1, 0.15) is 32.3 Å². The molecule has 2 heterocycles. The third-order valence-electron chi connectivity index (χ3n) is 5.58. The molecular weight excluding hydrogens is 396 g/mol. The first-order valence-corrected chi connectivity index (χ1v) is 9.13. The molecule has 0 amide bonds. The predicted molar refractivity (Wildman–Crippen MR) is 95.3 cm³/mol. The fourth-order valence-electron chi connectivity index (χ4n) is 4.18. The van der Waals surface area contributed by atoms with E-state index < -0.39 is 28.6 Å². The molecule has 2 bridgehead atoms. The minimum absolute atomic E-state index is 0.378. The van der Waals surface area contributed by atoms with Crippen LogP contribution in [0.25, 0.3) is 0 Å². The van der Waals surface area contributed by atoms with Crippen molar-refractivity contribution in [2.45, 2.75) is 38.6 Å². The predicted octanol–water partition coefficient (Wildman–Crippen LogP) is 3.99. The smallest absolute Gasteiger partial charge is 0.243 e. The number of fused-ring (bicyclic) bond motifs is 2. The Morgan fingerprint density at radius 3 is 2.27 bits per heavy atom. The first-order valence-electron chi connectivity index (χ1n) is 8.34. The molecule has 4 atom stereocenters. The van der Waals surface area contributed by atoms with Crippen molar-refractivity contribution in [3.8, 4) is 18.2 Å². The van der Waals surface area contributed by atoms with E-state index in [1.807, 2.05) is 31.2 Å². The topological polar surface area (TPSA) is 114 Å². The van der Waals surface area contributed by atoms with E-state index in [0.29, 0.717) is 18.4 Å². The van der Waals surface area contributed by atoms with Crippen molar-refractivity contribution in [1.82, 2.24) is 0 Å². The molecule has 0 radical (unpaired) electrons. The lowest BCUT2D eigenvalue weighted by atomic mass is 9.53. The van der Waals surface area contributed by atoms with Crippen molar-refractivity contribution in [3.63, 3.8) is 0 Å². The first-order chi connectivity index (χ1) is 12.4. The Balaban J connectivity index is 2.29. The Kier molecular flexibility index (Phi) is 4.31. The highest BCUT2D eigenvalue weighted by Crippen LogP contribution is 2.65. The van der Waals surface area contributed by atoms with Gasteiger partial charge in [0.1, 0.15) is 0 Å². The van der Waals surface area contributed by atoms with Gasteiger partial charge in [0.15, 0.2) is 10.8 Å². The average molecular weight is 413 g/mol.